The highest BCUT2D eigenvalue weighted by Crippen LogP contribution is 2.32. The van der Waals surface area contributed by atoms with E-state index < -0.39 is 0 Å². The Morgan fingerprint density at radius 3 is 1.23 bits per heavy atom. The van der Waals surface area contributed by atoms with Crippen molar-refractivity contribution in [2.24, 2.45) is 11.8 Å². The molecule has 0 bridgehead atoms. The van der Waals surface area contributed by atoms with Gasteiger partial charge < -0.3 is 23.0 Å². The van der Waals surface area contributed by atoms with Gasteiger partial charge in [0.15, 0.2) is 0 Å². The van der Waals surface area contributed by atoms with Crippen molar-refractivity contribution >= 4 is 93.2 Å². The molecule has 13 rings (SSSR count). The zero-order valence-electron chi connectivity index (χ0n) is 43.6. The summed E-state index contributed by atoms with van der Waals surface area (Å²) in [7, 11) is 1.41. The van der Waals surface area contributed by atoms with Crippen molar-refractivity contribution in [3.63, 3.8) is 0 Å². The maximum atomic E-state index is 11.3. The quantitative estimate of drug-likeness (QED) is 0.120. The number of aromatic nitrogens is 8. The van der Waals surface area contributed by atoms with Crippen molar-refractivity contribution in [2.75, 3.05) is 7.11 Å². The van der Waals surface area contributed by atoms with Crippen LogP contribution in [0.25, 0.3) is 87.2 Å². The first kappa shape index (κ1) is 49.9. The van der Waals surface area contributed by atoms with E-state index in [1.807, 2.05) is 61.6 Å². The van der Waals surface area contributed by atoms with Crippen LogP contribution in [-0.2, 0) is 35.7 Å². The minimum absolute atomic E-state index is 0.199. The minimum Gasteiger partial charge on any atom is -0.469 e. The first-order valence-electron chi connectivity index (χ1n) is 26.2. The number of fused-ring (bicyclic) bond motifs is 12. The van der Waals surface area contributed by atoms with Crippen molar-refractivity contribution in [3.8, 4) is 0 Å². The Morgan fingerprint density at radius 2 is 0.800 bits per heavy atom. The van der Waals surface area contributed by atoms with Gasteiger partial charge in [-0.15, -0.1) is 0 Å². The van der Waals surface area contributed by atoms with Crippen LogP contribution < -0.4 is 0 Å². The van der Waals surface area contributed by atoms with Crippen LogP contribution in [0.5, 0.6) is 0 Å². The van der Waals surface area contributed by atoms with E-state index in [2.05, 4.69) is 199 Å². The number of rotatable bonds is 11. The molecule has 8 heterocycles. The molecule has 10 heteroatoms. The average Bonchev–Trinajstić information content (AvgIpc) is 4.18. The van der Waals surface area contributed by atoms with Gasteiger partial charge in [0.1, 0.15) is 0 Å². The minimum atomic E-state index is -0.199. The third kappa shape index (κ3) is 10.5. The molecule has 10 nitrogen and oxygen atoms in total. The Labute approximate surface area is 437 Å². The van der Waals surface area contributed by atoms with E-state index >= 15 is 0 Å². The molecule has 1 atom stereocenters. The summed E-state index contributed by atoms with van der Waals surface area (Å²) in [6.45, 7) is 12.7. The van der Waals surface area contributed by atoms with Crippen molar-refractivity contribution in [2.45, 2.75) is 73.1 Å². The summed E-state index contributed by atoms with van der Waals surface area (Å²) in [4.78, 5) is 28.4. The van der Waals surface area contributed by atoms with Gasteiger partial charge in [-0.3, -0.25) is 24.7 Å². The van der Waals surface area contributed by atoms with E-state index in [1.165, 1.54) is 96.3 Å². The van der Waals surface area contributed by atoms with E-state index in [1.54, 1.807) is 6.20 Å². The van der Waals surface area contributed by atoms with Gasteiger partial charge in [0.05, 0.1) is 60.4 Å². The van der Waals surface area contributed by atoms with Gasteiger partial charge in [-0.05, 0) is 72.4 Å². The summed E-state index contributed by atoms with van der Waals surface area (Å²) in [5.41, 5.74) is 11.1. The number of para-hydroxylation sites is 4. The lowest BCUT2D eigenvalue weighted by Gasteiger charge is -2.17. The van der Waals surface area contributed by atoms with Gasteiger partial charge in [-0.25, -0.2) is 0 Å². The maximum Gasteiger partial charge on any atom is 0.307 e. The van der Waals surface area contributed by atoms with E-state index in [-0.39, 0.29) is 5.97 Å². The predicted molar refractivity (Wildman–Crippen MR) is 310 cm³/mol. The fraction of sp³-hybridized carbons (Fsp3) is 0.215. The molecule has 75 heavy (non-hydrogen) atoms. The number of benzene rings is 5. The Balaban J connectivity index is 0.000000114. The van der Waals surface area contributed by atoms with Crippen LogP contribution in [0.15, 0.2) is 201 Å². The molecule has 8 aromatic heterocycles. The number of hydrogen-bond acceptors (Lipinski definition) is 6. The number of hydrogen-bond donors (Lipinski definition) is 0. The molecule has 0 aliphatic carbocycles. The van der Waals surface area contributed by atoms with Crippen molar-refractivity contribution in [1.82, 2.24) is 38.2 Å². The molecule has 1 unspecified atom stereocenters. The fourth-order valence-corrected chi connectivity index (χ4v) is 10.3. The number of methoxy groups -OCH3 is 1. The third-order valence-corrected chi connectivity index (χ3v) is 14.6. The second kappa shape index (κ2) is 23.1. The van der Waals surface area contributed by atoms with Gasteiger partial charge in [-0.2, -0.15) is 0 Å². The number of esters is 1. The van der Waals surface area contributed by atoms with Crippen LogP contribution in [-0.4, -0.2) is 51.3 Å². The fourth-order valence-electron chi connectivity index (χ4n) is 10.3. The lowest BCUT2D eigenvalue weighted by Crippen LogP contribution is -2.12. The molecule has 0 saturated heterocycles. The number of unbranched alkanes of at least 4 members (excludes halogenated alkanes) is 1. The van der Waals surface area contributed by atoms with E-state index in [4.69, 9.17) is 4.74 Å². The van der Waals surface area contributed by atoms with Gasteiger partial charge >= 0.3 is 5.97 Å². The Hall–Kier alpha value is -8.63. The molecule has 0 spiro atoms. The van der Waals surface area contributed by atoms with E-state index in [0.717, 1.165) is 36.1 Å². The smallest absolute Gasteiger partial charge is 0.307 e. The van der Waals surface area contributed by atoms with Gasteiger partial charge in [0, 0.05) is 116 Å². The monoisotopic (exact) mass is 989 g/mol. The molecule has 0 radical (unpaired) electrons. The molecule has 0 aliphatic heterocycles. The van der Waals surface area contributed by atoms with Crippen molar-refractivity contribution in [1.29, 1.82) is 0 Å². The summed E-state index contributed by atoms with van der Waals surface area (Å²) < 4.78 is 14.0. The zero-order valence-corrected chi connectivity index (χ0v) is 43.6. The number of carbonyl (C=O) groups excluding carboxylic acids is 1. The summed E-state index contributed by atoms with van der Waals surface area (Å²) in [6.07, 6.45) is 18.0. The van der Waals surface area contributed by atoms with Crippen LogP contribution in [0.4, 0.5) is 0 Å². The van der Waals surface area contributed by atoms with Crippen LogP contribution in [0, 0.1) is 11.8 Å². The normalized spacial score (nSPS) is 11.8. The Morgan fingerprint density at radius 1 is 0.440 bits per heavy atom. The van der Waals surface area contributed by atoms with Crippen molar-refractivity contribution in [3.05, 3.63) is 207 Å². The molecule has 13 aromatic rings. The first-order chi connectivity index (χ1) is 36.8. The van der Waals surface area contributed by atoms with Crippen LogP contribution in [0.1, 0.15) is 52.5 Å². The number of aryl methyl sites for hydroxylation is 2. The molecule has 0 saturated carbocycles. The Bertz CT molecular complexity index is 3820. The highest BCUT2D eigenvalue weighted by Gasteiger charge is 2.16. The molecule has 5 aromatic carbocycles. The molecule has 0 amide bonds. The van der Waals surface area contributed by atoms with Crippen molar-refractivity contribution < 1.29 is 9.53 Å². The van der Waals surface area contributed by atoms with Gasteiger partial charge in [0.2, 0.25) is 0 Å². The number of ether oxygens (including phenoxy) is 1. The summed E-state index contributed by atoms with van der Waals surface area (Å²) >= 11 is 0. The van der Waals surface area contributed by atoms with Gasteiger partial charge in [-0.1, -0.05) is 137 Å². The molecule has 0 N–H and O–H groups in total. The number of pyridine rings is 4. The third-order valence-electron chi connectivity index (χ3n) is 14.6. The highest BCUT2D eigenvalue weighted by atomic mass is 16.5. The average molecular weight is 989 g/mol. The largest absolute Gasteiger partial charge is 0.469 e. The van der Waals surface area contributed by atoms with Crippen LogP contribution in [0.3, 0.4) is 0 Å². The summed E-state index contributed by atoms with van der Waals surface area (Å²) in [5.74, 6) is 1.14. The SMILES string of the molecule is CC(C)C(C)Cn1c2ccccc2c2ccncc21.CCCCn1c2ccccc2c2ccncc21.COC(=O)CCn1c2ccccc2c2ccncc21.c1ccc(Cn2c3ccccc3c3ccncc32)cc1. The molecular weight excluding hydrogens is 925 g/mol. The van der Waals surface area contributed by atoms with Crippen LogP contribution in [0.2, 0.25) is 0 Å². The summed E-state index contributed by atoms with van der Waals surface area (Å²) in [5, 5.41) is 10.2. The zero-order chi connectivity index (χ0) is 51.7. The van der Waals surface area contributed by atoms with Crippen LogP contribution >= 0.6 is 0 Å². The second-order valence-electron chi connectivity index (χ2n) is 19.5. The molecule has 0 aliphatic rings. The van der Waals surface area contributed by atoms with Gasteiger partial charge in [0.25, 0.3) is 0 Å². The first-order valence-corrected chi connectivity index (χ1v) is 26.2. The molecule has 0 fully saturated rings. The number of carbonyl (C=O) groups is 1. The lowest BCUT2D eigenvalue weighted by atomic mass is 9.98. The maximum absolute atomic E-state index is 11.3. The summed E-state index contributed by atoms with van der Waals surface area (Å²) in [6, 6.07) is 52.8. The number of nitrogens with zero attached hydrogens (tertiary/aromatic N) is 8. The second-order valence-corrected chi connectivity index (χ2v) is 19.5. The van der Waals surface area contributed by atoms with E-state index in [9.17, 15) is 4.79 Å². The molecule has 376 valence electrons. The topological polar surface area (TPSA) is 97.6 Å². The van der Waals surface area contributed by atoms with E-state index in [0.29, 0.717) is 24.8 Å². The standard InChI is InChI=1S/C18H14N2.C17H20N2.C15H14N2O2.C15H16N2/c1-2-6-14(7-3-1)13-20-17-9-5-4-8-15(17)16-10-11-19-12-18(16)20;1-12(2)13(3)11-19-16-7-5-4-6-14(16)15-8-9-18-10-17(15)19;1-19-15(18)7-9-17-13-5-3-2-4-11(13)12-6-8-16-10-14(12)17;1-2-3-10-17-14-7-5-4-6-12(14)13-8-9-16-11-15(13)17/h1-12H,13H2;4-10,12-13H,11H2,1-3H3;2-6,8,10H,7,9H2,1H3;4-9,11H,2-3,10H2,1H3. The Kier molecular flexibility index (Phi) is 15.4. The lowest BCUT2D eigenvalue weighted by molar-refractivity contribution is -0.140. The highest BCUT2D eigenvalue weighted by molar-refractivity contribution is 6.10. The molecular formula is C65H64N8O2. The predicted octanol–water partition coefficient (Wildman–Crippen LogP) is 15.5.